The number of fused-ring (bicyclic) bond motifs is 1. The minimum absolute atomic E-state index is 0.137. The lowest BCUT2D eigenvalue weighted by Gasteiger charge is -2.24. The zero-order chi connectivity index (χ0) is 11.1. The monoisotopic (exact) mass is 229 g/mol. The first-order valence-electron chi connectivity index (χ1n) is 5.51. The molecular formula is C11H19NO2S. The molecule has 2 heterocycles. The summed E-state index contributed by atoms with van der Waals surface area (Å²) in [6.45, 7) is 7.53. The Hall–Kier alpha value is -0.380. The lowest BCUT2D eigenvalue weighted by atomic mass is 10.0. The van der Waals surface area contributed by atoms with Crippen LogP contribution in [-0.4, -0.2) is 41.2 Å². The average Bonchev–Trinajstić information content (AvgIpc) is 2.56. The van der Waals surface area contributed by atoms with Crippen LogP contribution in [0.2, 0.25) is 0 Å². The Labute approximate surface area is 95.5 Å². The van der Waals surface area contributed by atoms with Crippen molar-refractivity contribution >= 4 is 17.9 Å². The summed E-state index contributed by atoms with van der Waals surface area (Å²) in [6.07, 6.45) is -0.137. The molecule has 1 amide bonds. The van der Waals surface area contributed by atoms with Crippen LogP contribution in [0.25, 0.3) is 0 Å². The van der Waals surface area contributed by atoms with Crippen molar-refractivity contribution in [3.05, 3.63) is 0 Å². The average molecular weight is 229 g/mol. The summed E-state index contributed by atoms with van der Waals surface area (Å²) in [5.41, 5.74) is -0.371. The molecule has 3 nitrogen and oxygen atoms in total. The molecule has 0 aromatic rings. The number of hydrogen-bond acceptors (Lipinski definition) is 3. The first kappa shape index (κ1) is 11.1. The third kappa shape index (κ3) is 2.60. The van der Waals surface area contributed by atoms with Gasteiger partial charge in [0.25, 0.3) is 0 Å². The highest BCUT2D eigenvalue weighted by atomic mass is 32.2. The van der Waals surface area contributed by atoms with Gasteiger partial charge in [-0.3, -0.25) is 0 Å². The maximum atomic E-state index is 11.8. The van der Waals surface area contributed by atoms with Crippen LogP contribution in [-0.2, 0) is 4.74 Å². The summed E-state index contributed by atoms with van der Waals surface area (Å²) in [5.74, 6) is 3.85. The van der Waals surface area contributed by atoms with E-state index in [1.54, 1.807) is 0 Å². The summed E-state index contributed by atoms with van der Waals surface area (Å²) in [4.78, 5) is 13.7. The maximum Gasteiger partial charge on any atom is 0.410 e. The van der Waals surface area contributed by atoms with Crippen molar-refractivity contribution in [3.8, 4) is 0 Å². The van der Waals surface area contributed by atoms with Crippen LogP contribution in [0.4, 0.5) is 4.79 Å². The zero-order valence-corrected chi connectivity index (χ0v) is 10.5. The third-order valence-corrected chi connectivity index (χ3v) is 4.22. The number of nitrogens with zero attached hydrogens (tertiary/aromatic N) is 1. The van der Waals surface area contributed by atoms with Gasteiger partial charge in [-0.25, -0.2) is 4.79 Å². The number of likely N-dealkylation sites (tertiary alicyclic amines) is 1. The Morgan fingerprint density at radius 2 is 1.80 bits per heavy atom. The van der Waals surface area contributed by atoms with E-state index in [1.807, 2.05) is 37.4 Å². The Morgan fingerprint density at radius 1 is 1.27 bits per heavy atom. The Kier molecular flexibility index (Phi) is 2.88. The van der Waals surface area contributed by atoms with Gasteiger partial charge in [-0.1, -0.05) is 0 Å². The van der Waals surface area contributed by atoms with E-state index in [2.05, 4.69) is 0 Å². The van der Waals surface area contributed by atoms with Gasteiger partial charge in [0.05, 0.1) is 0 Å². The number of carbonyl (C=O) groups excluding carboxylic acids is 1. The van der Waals surface area contributed by atoms with Gasteiger partial charge in [-0.05, 0) is 44.1 Å². The SMILES string of the molecule is CC(C)(C)OC(=O)N1CC2CSCC2C1. The fraction of sp³-hybridized carbons (Fsp3) is 0.909. The lowest BCUT2D eigenvalue weighted by Crippen LogP contribution is -2.36. The lowest BCUT2D eigenvalue weighted by molar-refractivity contribution is 0.0285. The molecule has 2 atom stereocenters. The molecule has 0 saturated carbocycles. The fourth-order valence-electron chi connectivity index (χ4n) is 2.16. The molecule has 0 spiro atoms. The molecule has 0 N–H and O–H groups in total. The Balaban J connectivity index is 1.88. The van der Waals surface area contributed by atoms with Crippen LogP contribution < -0.4 is 0 Å². The number of amides is 1. The second-order valence-corrected chi connectivity index (χ2v) is 6.52. The molecule has 2 fully saturated rings. The van der Waals surface area contributed by atoms with Gasteiger partial charge < -0.3 is 9.64 Å². The predicted octanol–water partition coefficient (Wildman–Crippen LogP) is 2.22. The number of ether oxygens (including phenoxy) is 1. The molecule has 2 rings (SSSR count). The normalized spacial score (nSPS) is 30.5. The quantitative estimate of drug-likeness (QED) is 0.638. The van der Waals surface area contributed by atoms with E-state index in [9.17, 15) is 4.79 Å². The van der Waals surface area contributed by atoms with Crippen LogP contribution in [0.1, 0.15) is 20.8 Å². The van der Waals surface area contributed by atoms with Crippen LogP contribution >= 0.6 is 11.8 Å². The van der Waals surface area contributed by atoms with E-state index in [0.717, 1.165) is 13.1 Å². The summed E-state index contributed by atoms with van der Waals surface area (Å²) in [5, 5.41) is 0. The zero-order valence-electron chi connectivity index (χ0n) is 9.66. The summed E-state index contributed by atoms with van der Waals surface area (Å²) in [7, 11) is 0. The van der Waals surface area contributed by atoms with Gasteiger partial charge >= 0.3 is 6.09 Å². The molecule has 86 valence electrons. The number of rotatable bonds is 0. The summed E-state index contributed by atoms with van der Waals surface area (Å²) >= 11 is 2.01. The topological polar surface area (TPSA) is 29.5 Å². The molecule has 2 aliphatic heterocycles. The van der Waals surface area contributed by atoms with E-state index in [1.165, 1.54) is 11.5 Å². The van der Waals surface area contributed by atoms with E-state index >= 15 is 0 Å². The van der Waals surface area contributed by atoms with E-state index in [0.29, 0.717) is 11.8 Å². The van der Waals surface area contributed by atoms with Gasteiger partial charge in [0, 0.05) is 13.1 Å². The van der Waals surface area contributed by atoms with Crippen molar-refractivity contribution in [1.82, 2.24) is 4.90 Å². The smallest absolute Gasteiger partial charge is 0.410 e. The second kappa shape index (κ2) is 3.89. The van der Waals surface area contributed by atoms with Crippen LogP contribution in [0.3, 0.4) is 0 Å². The second-order valence-electron chi connectivity index (χ2n) is 5.44. The van der Waals surface area contributed by atoms with Crippen molar-refractivity contribution < 1.29 is 9.53 Å². The molecule has 15 heavy (non-hydrogen) atoms. The summed E-state index contributed by atoms with van der Waals surface area (Å²) in [6, 6.07) is 0. The standard InChI is InChI=1S/C11H19NO2S/c1-11(2,3)14-10(13)12-4-8-6-15-7-9(8)5-12/h8-9H,4-7H2,1-3H3. The molecule has 2 saturated heterocycles. The highest BCUT2D eigenvalue weighted by molar-refractivity contribution is 7.99. The molecule has 2 unspecified atom stereocenters. The van der Waals surface area contributed by atoms with E-state index < -0.39 is 0 Å². The van der Waals surface area contributed by atoms with Crippen molar-refractivity contribution in [2.24, 2.45) is 11.8 Å². The molecule has 0 aromatic heterocycles. The third-order valence-electron chi connectivity index (χ3n) is 2.89. The van der Waals surface area contributed by atoms with Gasteiger partial charge in [0.1, 0.15) is 5.60 Å². The molecule has 0 aliphatic carbocycles. The van der Waals surface area contributed by atoms with Crippen molar-refractivity contribution in [2.75, 3.05) is 24.6 Å². The number of hydrogen-bond donors (Lipinski definition) is 0. The highest BCUT2D eigenvalue weighted by Gasteiger charge is 2.39. The van der Waals surface area contributed by atoms with Gasteiger partial charge in [-0.15, -0.1) is 0 Å². The first-order valence-corrected chi connectivity index (χ1v) is 6.67. The fourth-order valence-corrected chi connectivity index (χ4v) is 3.66. The van der Waals surface area contributed by atoms with Crippen molar-refractivity contribution in [2.45, 2.75) is 26.4 Å². The first-order chi connectivity index (χ1) is 6.96. The van der Waals surface area contributed by atoms with Gasteiger partial charge in [-0.2, -0.15) is 11.8 Å². The van der Waals surface area contributed by atoms with E-state index in [4.69, 9.17) is 4.74 Å². The minimum Gasteiger partial charge on any atom is -0.444 e. The minimum atomic E-state index is -0.371. The van der Waals surface area contributed by atoms with Crippen molar-refractivity contribution in [1.29, 1.82) is 0 Å². The number of thioether (sulfide) groups is 1. The van der Waals surface area contributed by atoms with Crippen LogP contribution in [0.5, 0.6) is 0 Å². The molecule has 0 aromatic carbocycles. The summed E-state index contributed by atoms with van der Waals surface area (Å²) < 4.78 is 5.37. The molecule has 0 radical (unpaired) electrons. The Morgan fingerprint density at radius 3 is 2.27 bits per heavy atom. The van der Waals surface area contributed by atoms with Gasteiger partial charge in [0.2, 0.25) is 0 Å². The molecule has 2 aliphatic rings. The van der Waals surface area contributed by atoms with Crippen LogP contribution in [0.15, 0.2) is 0 Å². The Bertz CT molecular complexity index is 250. The van der Waals surface area contributed by atoms with Gasteiger partial charge in [0.15, 0.2) is 0 Å². The molecule has 4 heteroatoms. The molecule has 0 bridgehead atoms. The van der Waals surface area contributed by atoms with Crippen LogP contribution in [0, 0.1) is 11.8 Å². The molecular weight excluding hydrogens is 210 g/mol. The number of carbonyl (C=O) groups is 1. The van der Waals surface area contributed by atoms with Crippen molar-refractivity contribution in [3.63, 3.8) is 0 Å². The maximum absolute atomic E-state index is 11.8. The van der Waals surface area contributed by atoms with E-state index in [-0.39, 0.29) is 11.7 Å². The highest BCUT2D eigenvalue weighted by Crippen LogP contribution is 2.36. The largest absolute Gasteiger partial charge is 0.444 e. The predicted molar refractivity (Wildman–Crippen MR) is 62.1 cm³/mol.